The van der Waals surface area contributed by atoms with Crippen molar-refractivity contribution in [2.75, 3.05) is 12.0 Å². The molecule has 0 unspecified atom stereocenters. The van der Waals surface area contributed by atoms with Crippen molar-refractivity contribution >= 4 is 17.7 Å². The molecule has 0 fully saturated rings. The van der Waals surface area contributed by atoms with Crippen LogP contribution in [0.1, 0.15) is 0 Å². The van der Waals surface area contributed by atoms with Crippen LogP contribution in [0.3, 0.4) is 0 Å². The zero-order valence-electron chi connectivity index (χ0n) is 8.64. The number of thioether (sulfide) groups is 1. The number of nitrogens with zero attached hydrogens (tertiary/aromatic N) is 3. The van der Waals surface area contributed by atoms with Crippen molar-refractivity contribution in [3.05, 3.63) is 24.3 Å². The Morgan fingerprint density at radius 2 is 2.07 bits per heavy atom. The summed E-state index contributed by atoms with van der Waals surface area (Å²) in [5, 5.41) is 4.26. The third-order valence-corrected chi connectivity index (χ3v) is 2.94. The van der Waals surface area contributed by atoms with E-state index >= 15 is 0 Å². The van der Waals surface area contributed by atoms with Crippen molar-refractivity contribution in [1.29, 1.82) is 0 Å². The molecule has 0 aliphatic carbocycles. The first kappa shape index (κ1) is 10.0. The van der Waals surface area contributed by atoms with Gasteiger partial charge in [-0.25, -0.2) is 4.68 Å². The number of nitrogen functional groups attached to an aromatic ring is 1. The van der Waals surface area contributed by atoms with Gasteiger partial charge in [0.1, 0.15) is 0 Å². The molecule has 0 bridgehead atoms. The van der Waals surface area contributed by atoms with Crippen molar-refractivity contribution in [1.82, 2.24) is 14.8 Å². The van der Waals surface area contributed by atoms with Crippen LogP contribution < -0.4 is 5.73 Å². The smallest absolute Gasteiger partial charge is 0.218 e. The van der Waals surface area contributed by atoms with Crippen LogP contribution in [-0.4, -0.2) is 21.0 Å². The third kappa shape index (κ3) is 1.83. The molecule has 1 heterocycles. The molecule has 2 N–H and O–H groups in total. The third-order valence-electron chi connectivity index (χ3n) is 2.14. The highest BCUT2D eigenvalue weighted by molar-refractivity contribution is 7.98. The molecule has 4 nitrogen and oxygen atoms in total. The number of nitrogens with two attached hydrogens (primary N) is 1. The van der Waals surface area contributed by atoms with Gasteiger partial charge in [-0.05, 0) is 18.4 Å². The second-order valence-corrected chi connectivity index (χ2v) is 3.97. The Morgan fingerprint density at radius 1 is 1.33 bits per heavy atom. The Bertz CT molecular complexity index is 459. The van der Waals surface area contributed by atoms with Gasteiger partial charge in [0.2, 0.25) is 5.95 Å². The number of anilines is 1. The average Bonchev–Trinajstić information content (AvgIpc) is 2.59. The van der Waals surface area contributed by atoms with Gasteiger partial charge in [0.05, 0.1) is 0 Å². The maximum atomic E-state index is 5.65. The van der Waals surface area contributed by atoms with Gasteiger partial charge in [0.25, 0.3) is 0 Å². The summed E-state index contributed by atoms with van der Waals surface area (Å²) in [4.78, 5) is 5.36. The predicted molar refractivity (Wildman–Crippen MR) is 62.6 cm³/mol. The molecule has 0 aliphatic heterocycles. The maximum Gasteiger partial charge on any atom is 0.218 e. The monoisotopic (exact) mass is 220 g/mol. The fourth-order valence-electron chi connectivity index (χ4n) is 1.34. The predicted octanol–water partition coefficient (Wildman–Crippen LogP) is 1.79. The lowest BCUT2D eigenvalue weighted by atomic mass is 10.2. The van der Waals surface area contributed by atoms with Gasteiger partial charge in [0, 0.05) is 17.5 Å². The Hall–Kier alpha value is -1.49. The Labute approximate surface area is 92.5 Å². The lowest BCUT2D eigenvalue weighted by Crippen LogP contribution is -1.97. The van der Waals surface area contributed by atoms with Gasteiger partial charge in [0.15, 0.2) is 5.82 Å². The molecule has 0 saturated carbocycles. The van der Waals surface area contributed by atoms with E-state index in [1.165, 1.54) is 0 Å². The van der Waals surface area contributed by atoms with Crippen LogP contribution in [0, 0.1) is 0 Å². The average molecular weight is 220 g/mol. The standard InChI is InChI=1S/C10H12N4S/c1-14-10(11)12-9(13-14)7-5-3-4-6-8(7)15-2/h3-6H,1-2H3,(H2,11,12,13). The van der Waals surface area contributed by atoms with E-state index < -0.39 is 0 Å². The highest BCUT2D eigenvalue weighted by Gasteiger charge is 2.09. The molecule has 78 valence electrons. The first-order valence-electron chi connectivity index (χ1n) is 4.52. The minimum absolute atomic E-state index is 0.431. The SMILES string of the molecule is CSc1ccccc1-c1nc(N)n(C)n1. The molecule has 2 rings (SSSR count). The minimum Gasteiger partial charge on any atom is -0.368 e. The summed E-state index contributed by atoms with van der Waals surface area (Å²) < 4.78 is 1.58. The van der Waals surface area contributed by atoms with Crippen LogP contribution in [0.5, 0.6) is 0 Å². The first-order valence-corrected chi connectivity index (χ1v) is 5.74. The lowest BCUT2D eigenvalue weighted by molar-refractivity contribution is 0.780. The molecular weight excluding hydrogens is 208 g/mol. The fourth-order valence-corrected chi connectivity index (χ4v) is 1.93. The lowest BCUT2D eigenvalue weighted by Gasteiger charge is -2.01. The molecule has 0 amide bonds. The number of hydrogen-bond donors (Lipinski definition) is 1. The van der Waals surface area contributed by atoms with Crippen LogP contribution in [0.25, 0.3) is 11.4 Å². The molecule has 0 atom stereocenters. The largest absolute Gasteiger partial charge is 0.368 e. The van der Waals surface area contributed by atoms with E-state index in [-0.39, 0.29) is 0 Å². The normalized spacial score (nSPS) is 10.5. The Kier molecular flexibility index (Phi) is 2.64. The zero-order chi connectivity index (χ0) is 10.8. The quantitative estimate of drug-likeness (QED) is 0.784. The van der Waals surface area contributed by atoms with Crippen molar-refractivity contribution in [2.45, 2.75) is 4.90 Å². The fraction of sp³-hybridized carbons (Fsp3) is 0.200. The number of hydrogen-bond acceptors (Lipinski definition) is 4. The van der Waals surface area contributed by atoms with E-state index in [0.717, 1.165) is 10.5 Å². The topological polar surface area (TPSA) is 56.7 Å². The Balaban J connectivity index is 2.53. The second kappa shape index (κ2) is 3.94. The van der Waals surface area contributed by atoms with E-state index in [9.17, 15) is 0 Å². The molecule has 1 aromatic carbocycles. The number of aromatic nitrogens is 3. The molecule has 0 spiro atoms. The number of benzene rings is 1. The summed E-state index contributed by atoms with van der Waals surface area (Å²) in [5.41, 5.74) is 6.68. The Morgan fingerprint density at radius 3 is 2.67 bits per heavy atom. The van der Waals surface area contributed by atoms with Crippen LogP contribution >= 0.6 is 11.8 Å². The van der Waals surface area contributed by atoms with E-state index in [4.69, 9.17) is 5.73 Å². The summed E-state index contributed by atoms with van der Waals surface area (Å²) in [6, 6.07) is 8.02. The van der Waals surface area contributed by atoms with Gasteiger partial charge in [-0.15, -0.1) is 16.9 Å². The van der Waals surface area contributed by atoms with E-state index in [2.05, 4.69) is 10.1 Å². The van der Waals surface area contributed by atoms with Crippen LogP contribution in [0.2, 0.25) is 0 Å². The number of aryl methyl sites for hydroxylation is 1. The van der Waals surface area contributed by atoms with Crippen LogP contribution in [0.15, 0.2) is 29.2 Å². The molecule has 15 heavy (non-hydrogen) atoms. The summed E-state index contributed by atoms with van der Waals surface area (Å²) in [7, 11) is 1.79. The van der Waals surface area contributed by atoms with E-state index in [1.54, 1.807) is 23.5 Å². The van der Waals surface area contributed by atoms with Gasteiger partial charge in [-0.1, -0.05) is 12.1 Å². The van der Waals surface area contributed by atoms with Crippen molar-refractivity contribution < 1.29 is 0 Å². The van der Waals surface area contributed by atoms with Crippen LogP contribution in [-0.2, 0) is 7.05 Å². The molecule has 0 aliphatic rings. The summed E-state index contributed by atoms with van der Waals surface area (Å²) >= 11 is 1.68. The van der Waals surface area contributed by atoms with E-state index in [0.29, 0.717) is 11.8 Å². The summed E-state index contributed by atoms with van der Waals surface area (Å²) in [6.45, 7) is 0. The van der Waals surface area contributed by atoms with Gasteiger partial charge in [-0.3, -0.25) is 0 Å². The van der Waals surface area contributed by atoms with Gasteiger partial charge < -0.3 is 5.73 Å². The first-order chi connectivity index (χ1) is 7.22. The van der Waals surface area contributed by atoms with Crippen molar-refractivity contribution in [3.8, 4) is 11.4 Å². The second-order valence-electron chi connectivity index (χ2n) is 3.12. The highest BCUT2D eigenvalue weighted by atomic mass is 32.2. The summed E-state index contributed by atoms with van der Waals surface area (Å²) in [6.07, 6.45) is 2.03. The minimum atomic E-state index is 0.431. The van der Waals surface area contributed by atoms with Crippen LogP contribution in [0.4, 0.5) is 5.95 Å². The molecule has 0 saturated heterocycles. The van der Waals surface area contributed by atoms with Gasteiger partial charge >= 0.3 is 0 Å². The van der Waals surface area contributed by atoms with Gasteiger partial charge in [-0.2, -0.15) is 4.98 Å². The molecular formula is C10H12N4S. The van der Waals surface area contributed by atoms with Crippen molar-refractivity contribution in [2.24, 2.45) is 7.05 Å². The number of rotatable bonds is 2. The maximum absolute atomic E-state index is 5.65. The molecule has 5 heteroatoms. The molecule has 0 radical (unpaired) electrons. The molecule has 1 aromatic heterocycles. The summed E-state index contributed by atoms with van der Waals surface area (Å²) in [5.74, 6) is 1.11. The highest BCUT2D eigenvalue weighted by Crippen LogP contribution is 2.27. The van der Waals surface area contributed by atoms with E-state index in [1.807, 2.05) is 30.5 Å². The zero-order valence-corrected chi connectivity index (χ0v) is 9.45. The van der Waals surface area contributed by atoms with Crippen molar-refractivity contribution in [3.63, 3.8) is 0 Å². The molecule has 2 aromatic rings.